The average Bonchev–Trinajstić information content (AvgIpc) is 3.27. The Hall–Kier alpha value is -1.38. The third-order valence-electron chi connectivity index (χ3n) is 4.78. The Labute approximate surface area is 120 Å². The largest absolute Gasteiger partial charge is 0.317 e. The average molecular weight is 266 g/mol. The Kier molecular flexibility index (Phi) is 3.21. The van der Waals surface area contributed by atoms with E-state index in [1.165, 1.54) is 48.7 Å². The minimum absolute atomic E-state index is 0.708. The number of rotatable bonds is 3. The van der Waals surface area contributed by atoms with Crippen LogP contribution in [0.2, 0.25) is 0 Å². The molecular weight excluding hydrogens is 244 g/mol. The van der Waals surface area contributed by atoms with Gasteiger partial charge in [0.15, 0.2) is 0 Å². The van der Waals surface area contributed by atoms with Crippen LogP contribution in [0.3, 0.4) is 0 Å². The van der Waals surface area contributed by atoms with E-state index in [9.17, 15) is 0 Å². The standard InChI is InChI=1S/C18H22N2/c1-2-4-14-11-15(6-5-13(14)3-1)17-12-18(17)20-16-7-9-19-10-8-16/h1-6,11,16-20H,7-10,12H2/t17-,18+/m1/s1. The maximum Gasteiger partial charge on any atom is 0.0145 e. The lowest BCUT2D eigenvalue weighted by atomic mass is 10.0. The fourth-order valence-corrected chi connectivity index (χ4v) is 3.48. The molecule has 2 N–H and O–H groups in total. The van der Waals surface area contributed by atoms with Crippen molar-refractivity contribution in [3.05, 3.63) is 48.0 Å². The van der Waals surface area contributed by atoms with Crippen molar-refractivity contribution in [1.29, 1.82) is 0 Å². The third kappa shape index (κ3) is 2.46. The summed E-state index contributed by atoms with van der Waals surface area (Å²) in [5, 5.41) is 10.0. The molecule has 0 amide bonds. The molecule has 2 aromatic carbocycles. The SMILES string of the molecule is c1ccc2cc([C@H]3C[C@@H]3NC3CCNCC3)ccc2c1. The second-order valence-electron chi connectivity index (χ2n) is 6.25. The zero-order valence-corrected chi connectivity index (χ0v) is 11.8. The van der Waals surface area contributed by atoms with Crippen molar-refractivity contribution < 1.29 is 0 Å². The second kappa shape index (κ2) is 5.19. The quantitative estimate of drug-likeness (QED) is 0.892. The van der Waals surface area contributed by atoms with E-state index in [0.29, 0.717) is 6.04 Å². The molecule has 20 heavy (non-hydrogen) atoms. The van der Waals surface area contributed by atoms with Crippen LogP contribution in [0.15, 0.2) is 42.5 Å². The molecule has 4 rings (SSSR count). The van der Waals surface area contributed by atoms with Gasteiger partial charge in [0, 0.05) is 18.0 Å². The molecule has 104 valence electrons. The van der Waals surface area contributed by atoms with E-state index in [0.717, 1.165) is 12.0 Å². The maximum absolute atomic E-state index is 3.85. The maximum atomic E-state index is 3.85. The predicted octanol–water partition coefficient (Wildman–Crippen LogP) is 3.04. The molecule has 1 saturated carbocycles. The molecule has 0 spiro atoms. The summed E-state index contributed by atoms with van der Waals surface area (Å²) in [5.74, 6) is 0.731. The fraction of sp³-hybridized carbons (Fsp3) is 0.444. The molecule has 2 nitrogen and oxygen atoms in total. The van der Waals surface area contributed by atoms with E-state index in [2.05, 4.69) is 53.1 Å². The topological polar surface area (TPSA) is 24.1 Å². The van der Waals surface area contributed by atoms with Crippen molar-refractivity contribution in [3.63, 3.8) is 0 Å². The summed E-state index contributed by atoms with van der Waals surface area (Å²) in [6, 6.07) is 17.1. The van der Waals surface area contributed by atoms with Crippen LogP contribution in [0.4, 0.5) is 0 Å². The van der Waals surface area contributed by atoms with Gasteiger partial charge in [-0.2, -0.15) is 0 Å². The van der Waals surface area contributed by atoms with Gasteiger partial charge in [0.25, 0.3) is 0 Å². The molecule has 2 atom stereocenters. The molecule has 1 saturated heterocycles. The number of fused-ring (bicyclic) bond motifs is 1. The first kappa shape index (κ1) is 12.4. The van der Waals surface area contributed by atoms with Gasteiger partial charge in [-0.3, -0.25) is 0 Å². The van der Waals surface area contributed by atoms with Gasteiger partial charge >= 0.3 is 0 Å². The van der Waals surface area contributed by atoms with Crippen molar-refractivity contribution in [2.24, 2.45) is 0 Å². The fourth-order valence-electron chi connectivity index (χ4n) is 3.48. The summed E-state index contributed by atoms with van der Waals surface area (Å²) >= 11 is 0. The summed E-state index contributed by atoms with van der Waals surface area (Å²) in [4.78, 5) is 0. The van der Waals surface area contributed by atoms with Crippen molar-refractivity contribution in [1.82, 2.24) is 10.6 Å². The summed E-state index contributed by atoms with van der Waals surface area (Å²) in [6.45, 7) is 2.34. The first-order valence-electron chi connectivity index (χ1n) is 7.85. The van der Waals surface area contributed by atoms with Crippen LogP contribution in [0.25, 0.3) is 10.8 Å². The van der Waals surface area contributed by atoms with Crippen LogP contribution in [-0.2, 0) is 0 Å². The predicted molar refractivity (Wildman–Crippen MR) is 84.1 cm³/mol. The van der Waals surface area contributed by atoms with Gasteiger partial charge in [-0.15, -0.1) is 0 Å². The zero-order valence-electron chi connectivity index (χ0n) is 11.8. The number of benzene rings is 2. The Balaban J connectivity index is 1.45. The van der Waals surface area contributed by atoms with Crippen LogP contribution in [-0.4, -0.2) is 25.2 Å². The highest BCUT2D eigenvalue weighted by atomic mass is 15.0. The van der Waals surface area contributed by atoms with Gasteiger partial charge < -0.3 is 10.6 Å². The van der Waals surface area contributed by atoms with Crippen LogP contribution in [0.5, 0.6) is 0 Å². The van der Waals surface area contributed by atoms with E-state index in [1.807, 2.05) is 0 Å². The lowest BCUT2D eigenvalue weighted by Gasteiger charge is -2.24. The molecule has 2 aliphatic rings. The molecule has 2 fully saturated rings. The molecular formula is C18H22N2. The molecule has 0 radical (unpaired) electrons. The van der Waals surface area contributed by atoms with E-state index < -0.39 is 0 Å². The molecule has 2 aromatic rings. The Bertz CT molecular complexity index is 601. The lowest BCUT2D eigenvalue weighted by molar-refractivity contribution is 0.383. The first-order valence-corrected chi connectivity index (χ1v) is 7.85. The number of piperidine rings is 1. The van der Waals surface area contributed by atoms with Gasteiger partial charge in [0.05, 0.1) is 0 Å². The van der Waals surface area contributed by atoms with E-state index in [1.54, 1.807) is 0 Å². The minimum atomic E-state index is 0.708. The molecule has 1 heterocycles. The Morgan fingerprint density at radius 2 is 1.75 bits per heavy atom. The molecule has 0 aromatic heterocycles. The smallest absolute Gasteiger partial charge is 0.0145 e. The van der Waals surface area contributed by atoms with Crippen LogP contribution in [0.1, 0.15) is 30.7 Å². The van der Waals surface area contributed by atoms with Crippen LogP contribution in [0, 0.1) is 0 Å². The third-order valence-corrected chi connectivity index (χ3v) is 4.78. The monoisotopic (exact) mass is 266 g/mol. The zero-order chi connectivity index (χ0) is 13.4. The Morgan fingerprint density at radius 3 is 2.60 bits per heavy atom. The highest BCUT2D eigenvalue weighted by Crippen LogP contribution is 2.42. The van der Waals surface area contributed by atoms with Gasteiger partial charge in [-0.05, 0) is 48.7 Å². The molecule has 0 unspecified atom stereocenters. The van der Waals surface area contributed by atoms with Gasteiger partial charge in [0.1, 0.15) is 0 Å². The molecule has 0 bridgehead atoms. The molecule has 1 aliphatic carbocycles. The van der Waals surface area contributed by atoms with Crippen LogP contribution < -0.4 is 10.6 Å². The highest BCUT2D eigenvalue weighted by Gasteiger charge is 2.39. The van der Waals surface area contributed by atoms with E-state index >= 15 is 0 Å². The number of nitrogens with one attached hydrogen (secondary N) is 2. The van der Waals surface area contributed by atoms with Crippen molar-refractivity contribution >= 4 is 10.8 Å². The molecule has 1 aliphatic heterocycles. The van der Waals surface area contributed by atoms with Gasteiger partial charge in [-0.25, -0.2) is 0 Å². The van der Waals surface area contributed by atoms with Gasteiger partial charge in [-0.1, -0.05) is 42.5 Å². The highest BCUT2D eigenvalue weighted by molar-refractivity contribution is 5.83. The minimum Gasteiger partial charge on any atom is -0.317 e. The summed E-state index contributed by atoms with van der Waals surface area (Å²) < 4.78 is 0. The number of hydrogen-bond acceptors (Lipinski definition) is 2. The van der Waals surface area contributed by atoms with Crippen LogP contribution >= 0.6 is 0 Å². The van der Waals surface area contributed by atoms with Gasteiger partial charge in [0.2, 0.25) is 0 Å². The van der Waals surface area contributed by atoms with Crippen molar-refractivity contribution in [2.75, 3.05) is 13.1 Å². The van der Waals surface area contributed by atoms with Crippen molar-refractivity contribution in [3.8, 4) is 0 Å². The van der Waals surface area contributed by atoms with E-state index in [-0.39, 0.29) is 0 Å². The summed E-state index contributed by atoms with van der Waals surface area (Å²) in [6.07, 6.45) is 3.87. The normalized spacial score (nSPS) is 26.8. The Morgan fingerprint density at radius 1 is 0.950 bits per heavy atom. The van der Waals surface area contributed by atoms with Crippen molar-refractivity contribution in [2.45, 2.75) is 37.3 Å². The lowest BCUT2D eigenvalue weighted by Crippen LogP contribution is -2.41. The first-order chi connectivity index (χ1) is 9.90. The second-order valence-corrected chi connectivity index (χ2v) is 6.25. The van der Waals surface area contributed by atoms with E-state index in [4.69, 9.17) is 0 Å². The summed E-state index contributed by atoms with van der Waals surface area (Å²) in [5.41, 5.74) is 1.51. The number of hydrogen-bond donors (Lipinski definition) is 2. The summed E-state index contributed by atoms with van der Waals surface area (Å²) in [7, 11) is 0. The molecule has 2 heteroatoms.